The Kier molecular flexibility index (Phi) is 3.25. The van der Waals surface area contributed by atoms with Gasteiger partial charge >= 0.3 is 0 Å². The Bertz CT molecular complexity index is 322. The van der Waals surface area contributed by atoms with Crippen molar-refractivity contribution in [1.82, 2.24) is 14.9 Å². The highest BCUT2D eigenvalue weighted by Crippen LogP contribution is 1.94. The number of aromatic nitrogens is 2. The second kappa shape index (κ2) is 4.45. The van der Waals surface area contributed by atoms with E-state index >= 15 is 0 Å². The summed E-state index contributed by atoms with van der Waals surface area (Å²) >= 11 is 0. The molecular weight excluding hydrogens is 164 g/mol. The van der Waals surface area contributed by atoms with E-state index in [4.69, 9.17) is 0 Å². The average Bonchev–Trinajstić information content (AvgIpc) is 2.54. The molecule has 1 N–H and O–H groups in total. The van der Waals surface area contributed by atoms with Crippen molar-refractivity contribution in [3.8, 4) is 0 Å². The van der Waals surface area contributed by atoms with E-state index in [0.717, 1.165) is 11.7 Å². The Balaban J connectivity index is 2.86. The molecule has 1 heterocycles. The van der Waals surface area contributed by atoms with Gasteiger partial charge in [-0.05, 0) is 13.1 Å². The predicted octanol–water partition coefficient (Wildman–Crippen LogP) is 0.920. The molecule has 0 aromatic carbocycles. The largest absolute Gasteiger partial charge is 0.344 e. The number of allylic oxidation sites excluding steroid dienone is 1. The molecule has 0 aliphatic heterocycles. The fourth-order valence-electron chi connectivity index (χ4n) is 0.985. The predicted molar refractivity (Wildman–Crippen MR) is 53.6 cm³/mol. The lowest BCUT2D eigenvalue weighted by atomic mass is 10.5. The van der Waals surface area contributed by atoms with Gasteiger partial charge < -0.3 is 9.88 Å². The van der Waals surface area contributed by atoms with Crippen molar-refractivity contribution >= 4 is 5.84 Å². The third kappa shape index (κ3) is 2.18. The fourth-order valence-corrected chi connectivity index (χ4v) is 0.985. The van der Waals surface area contributed by atoms with Crippen molar-refractivity contribution < 1.29 is 0 Å². The lowest BCUT2D eigenvalue weighted by Gasteiger charge is -2.04. The summed E-state index contributed by atoms with van der Waals surface area (Å²) in [5.74, 6) is 1.60. The third-order valence-corrected chi connectivity index (χ3v) is 1.64. The monoisotopic (exact) mass is 178 g/mol. The molecular formula is C9H14N4. The van der Waals surface area contributed by atoms with Crippen molar-refractivity contribution in [2.24, 2.45) is 12.0 Å². The van der Waals surface area contributed by atoms with Gasteiger partial charge in [0.25, 0.3) is 0 Å². The van der Waals surface area contributed by atoms with Crippen LogP contribution in [0.3, 0.4) is 0 Å². The van der Waals surface area contributed by atoms with Crippen molar-refractivity contribution in [3.63, 3.8) is 0 Å². The molecule has 0 radical (unpaired) electrons. The molecule has 0 saturated heterocycles. The molecule has 70 valence electrons. The molecule has 0 atom stereocenters. The number of hydrogen-bond donors (Lipinski definition) is 1. The second-order valence-corrected chi connectivity index (χ2v) is 2.58. The van der Waals surface area contributed by atoms with Gasteiger partial charge in [0.2, 0.25) is 0 Å². The molecule has 0 saturated carbocycles. The summed E-state index contributed by atoms with van der Waals surface area (Å²) in [6.07, 6.45) is 7.38. The van der Waals surface area contributed by atoms with Crippen molar-refractivity contribution in [1.29, 1.82) is 0 Å². The van der Waals surface area contributed by atoms with E-state index in [1.54, 1.807) is 13.2 Å². The molecule has 0 spiro atoms. The molecule has 0 bridgehead atoms. The minimum atomic E-state index is 0.769. The Morgan fingerprint density at radius 2 is 2.46 bits per heavy atom. The maximum Gasteiger partial charge on any atom is 0.175 e. The smallest absolute Gasteiger partial charge is 0.175 e. The molecule has 4 heteroatoms. The fraction of sp³-hybridized carbons (Fsp3) is 0.333. The second-order valence-electron chi connectivity index (χ2n) is 2.58. The Morgan fingerprint density at radius 1 is 1.69 bits per heavy atom. The number of nitrogens with one attached hydrogen (secondary N) is 1. The summed E-state index contributed by atoms with van der Waals surface area (Å²) in [7, 11) is 3.67. The molecule has 1 aromatic heterocycles. The van der Waals surface area contributed by atoms with Gasteiger partial charge in [0.1, 0.15) is 0 Å². The van der Waals surface area contributed by atoms with E-state index in [2.05, 4.69) is 15.3 Å². The van der Waals surface area contributed by atoms with Gasteiger partial charge in [-0.1, -0.05) is 6.08 Å². The van der Waals surface area contributed by atoms with Gasteiger partial charge in [-0.2, -0.15) is 0 Å². The van der Waals surface area contributed by atoms with Gasteiger partial charge in [0, 0.05) is 26.5 Å². The summed E-state index contributed by atoms with van der Waals surface area (Å²) in [5.41, 5.74) is 0. The van der Waals surface area contributed by atoms with Crippen LogP contribution >= 0.6 is 0 Å². The minimum Gasteiger partial charge on any atom is -0.344 e. The zero-order chi connectivity index (χ0) is 9.68. The molecule has 0 fully saturated rings. The number of amidine groups is 1. The highest BCUT2D eigenvalue weighted by atomic mass is 15.1. The van der Waals surface area contributed by atoms with Crippen LogP contribution in [-0.2, 0) is 7.05 Å². The highest BCUT2D eigenvalue weighted by molar-refractivity contribution is 5.96. The van der Waals surface area contributed by atoms with E-state index in [-0.39, 0.29) is 0 Å². The molecule has 1 rings (SSSR count). The van der Waals surface area contributed by atoms with Crippen LogP contribution in [0.25, 0.3) is 0 Å². The number of hydrogen-bond acceptors (Lipinski definition) is 2. The molecule has 0 aliphatic rings. The highest BCUT2D eigenvalue weighted by Gasteiger charge is 2.04. The Hall–Kier alpha value is -1.58. The van der Waals surface area contributed by atoms with Crippen LogP contribution in [0, 0.1) is 0 Å². The summed E-state index contributed by atoms with van der Waals surface area (Å²) in [6, 6.07) is 0. The third-order valence-electron chi connectivity index (χ3n) is 1.64. The quantitative estimate of drug-likeness (QED) is 0.540. The normalized spacial score (nSPS) is 12.4. The first-order valence-corrected chi connectivity index (χ1v) is 4.11. The van der Waals surface area contributed by atoms with Crippen LogP contribution < -0.4 is 5.32 Å². The standard InChI is InChI=1S/C9H14N4/c1-4-5-11-8(10-2)9-12-6-7-13(9)3/h4-7H,1-3H3,(H,10,11)/b5-4-. The maximum atomic E-state index is 4.18. The lowest BCUT2D eigenvalue weighted by molar-refractivity contribution is 0.887. The number of rotatable bonds is 2. The Labute approximate surface area is 78.0 Å². The molecule has 0 aliphatic carbocycles. The number of aliphatic imine (C=N–C) groups is 1. The summed E-state index contributed by atoms with van der Waals surface area (Å²) in [5, 5.41) is 3.05. The molecule has 4 nitrogen and oxygen atoms in total. The van der Waals surface area contributed by atoms with Crippen LogP contribution in [0.5, 0.6) is 0 Å². The van der Waals surface area contributed by atoms with Crippen LogP contribution in [0.1, 0.15) is 12.7 Å². The van der Waals surface area contributed by atoms with Gasteiger partial charge in [0.15, 0.2) is 11.7 Å². The molecule has 0 amide bonds. The number of imidazole rings is 1. The van der Waals surface area contributed by atoms with Crippen LogP contribution in [0.15, 0.2) is 29.7 Å². The summed E-state index contributed by atoms with van der Waals surface area (Å²) in [6.45, 7) is 1.94. The van der Waals surface area contributed by atoms with Gasteiger partial charge in [-0.25, -0.2) is 4.98 Å². The zero-order valence-corrected chi connectivity index (χ0v) is 8.15. The first-order valence-electron chi connectivity index (χ1n) is 4.11. The minimum absolute atomic E-state index is 0.769. The lowest BCUT2D eigenvalue weighted by Crippen LogP contribution is -2.22. The summed E-state index contributed by atoms with van der Waals surface area (Å²) < 4.78 is 1.92. The van der Waals surface area contributed by atoms with Crippen LogP contribution in [-0.4, -0.2) is 22.4 Å². The van der Waals surface area contributed by atoms with Crippen LogP contribution in [0.4, 0.5) is 0 Å². The van der Waals surface area contributed by atoms with E-state index in [9.17, 15) is 0 Å². The Morgan fingerprint density at radius 3 is 2.92 bits per heavy atom. The van der Waals surface area contributed by atoms with Gasteiger partial charge in [-0.3, -0.25) is 4.99 Å². The van der Waals surface area contributed by atoms with Crippen molar-refractivity contribution in [3.05, 3.63) is 30.5 Å². The first-order chi connectivity index (χ1) is 6.29. The number of aryl methyl sites for hydroxylation is 1. The SMILES string of the molecule is C/C=C\NC(=NC)c1nccn1C. The topological polar surface area (TPSA) is 42.2 Å². The van der Waals surface area contributed by atoms with E-state index in [1.807, 2.05) is 37.0 Å². The van der Waals surface area contributed by atoms with Crippen LogP contribution in [0.2, 0.25) is 0 Å². The zero-order valence-electron chi connectivity index (χ0n) is 8.15. The maximum absolute atomic E-state index is 4.18. The van der Waals surface area contributed by atoms with Crippen molar-refractivity contribution in [2.75, 3.05) is 7.05 Å². The van der Waals surface area contributed by atoms with Crippen molar-refractivity contribution in [2.45, 2.75) is 6.92 Å². The van der Waals surface area contributed by atoms with E-state index in [1.165, 1.54) is 0 Å². The summed E-state index contributed by atoms with van der Waals surface area (Å²) in [4.78, 5) is 8.28. The number of nitrogens with zero attached hydrogens (tertiary/aromatic N) is 3. The molecule has 0 unspecified atom stereocenters. The van der Waals surface area contributed by atoms with Gasteiger partial charge in [-0.15, -0.1) is 0 Å². The van der Waals surface area contributed by atoms with E-state index < -0.39 is 0 Å². The van der Waals surface area contributed by atoms with Gasteiger partial charge in [0.05, 0.1) is 0 Å². The van der Waals surface area contributed by atoms with E-state index in [0.29, 0.717) is 0 Å². The average molecular weight is 178 g/mol. The first kappa shape index (κ1) is 9.51. The molecule has 13 heavy (non-hydrogen) atoms. The molecule has 1 aromatic rings.